The topological polar surface area (TPSA) is 41.6 Å². The first-order valence-electron chi connectivity index (χ1n) is 9.55. The van der Waals surface area contributed by atoms with Gasteiger partial charge in [0.2, 0.25) is 5.91 Å². The highest BCUT2D eigenvalue weighted by molar-refractivity contribution is 6.30. The molecule has 144 valence electrons. The van der Waals surface area contributed by atoms with Crippen LogP contribution in [0.25, 0.3) is 0 Å². The number of carbonyl (C=O) groups excluding carboxylic acids is 1. The summed E-state index contributed by atoms with van der Waals surface area (Å²) in [5.41, 5.74) is 2.15. The van der Waals surface area contributed by atoms with E-state index in [1.807, 2.05) is 36.4 Å². The van der Waals surface area contributed by atoms with Crippen LogP contribution in [0, 0.1) is 0 Å². The van der Waals surface area contributed by atoms with Crippen molar-refractivity contribution in [3.05, 3.63) is 64.7 Å². The molecule has 27 heavy (non-hydrogen) atoms. The summed E-state index contributed by atoms with van der Waals surface area (Å²) < 4.78 is 5.39. The molecule has 0 spiro atoms. The molecule has 0 radical (unpaired) electrons. The summed E-state index contributed by atoms with van der Waals surface area (Å²) >= 11 is 5.91. The molecule has 2 aromatic carbocycles. The SMILES string of the molecule is COc1cccc(C(CNC(=O)Cc2ccc(Cl)cc2)N2CCCCC2)c1. The lowest BCUT2D eigenvalue weighted by Crippen LogP contribution is -2.41. The van der Waals surface area contributed by atoms with E-state index in [-0.39, 0.29) is 11.9 Å². The number of likely N-dealkylation sites (tertiary alicyclic amines) is 1. The lowest BCUT2D eigenvalue weighted by Gasteiger charge is -2.35. The van der Waals surface area contributed by atoms with Gasteiger partial charge in [0.15, 0.2) is 0 Å². The van der Waals surface area contributed by atoms with Gasteiger partial charge >= 0.3 is 0 Å². The highest BCUT2D eigenvalue weighted by Crippen LogP contribution is 2.26. The van der Waals surface area contributed by atoms with E-state index in [0.29, 0.717) is 18.0 Å². The molecule has 1 saturated heterocycles. The second-order valence-electron chi connectivity index (χ2n) is 7.00. The molecule has 1 atom stereocenters. The van der Waals surface area contributed by atoms with Crippen molar-refractivity contribution in [1.82, 2.24) is 10.2 Å². The van der Waals surface area contributed by atoms with Gasteiger partial charge in [-0.05, 0) is 61.3 Å². The summed E-state index contributed by atoms with van der Waals surface area (Å²) in [5, 5.41) is 3.81. The Kier molecular flexibility index (Phi) is 7.13. The maximum Gasteiger partial charge on any atom is 0.224 e. The molecule has 2 aromatic rings. The van der Waals surface area contributed by atoms with Crippen molar-refractivity contribution >= 4 is 17.5 Å². The van der Waals surface area contributed by atoms with Crippen LogP contribution in [0.4, 0.5) is 0 Å². The third kappa shape index (κ3) is 5.72. The third-order valence-corrected chi connectivity index (χ3v) is 5.33. The number of rotatable bonds is 7. The number of benzene rings is 2. The molecule has 1 amide bonds. The normalized spacial score (nSPS) is 15.9. The number of nitrogens with zero attached hydrogens (tertiary/aromatic N) is 1. The first kappa shape index (κ1) is 19.7. The zero-order valence-electron chi connectivity index (χ0n) is 15.8. The van der Waals surface area contributed by atoms with Crippen molar-refractivity contribution in [2.24, 2.45) is 0 Å². The molecule has 0 aliphatic carbocycles. The minimum Gasteiger partial charge on any atom is -0.497 e. The average Bonchev–Trinajstić information content (AvgIpc) is 2.71. The predicted octanol–water partition coefficient (Wildman–Crippen LogP) is 4.23. The number of halogens is 1. The van der Waals surface area contributed by atoms with Gasteiger partial charge < -0.3 is 10.1 Å². The number of ether oxygens (including phenoxy) is 1. The van der Waals surface area contributed by atoms with Crippen molar-refractivity contribution in [1.29, 1.82) is 0 Å². The summed E-state index contributed by atoms with van der Waals surface area (Å²) in [6, 6.07) is 15.7. The summed E-state index contributed by atoms with van der Waals surface area (Å²) in [7, 11) is 1.68. The lowest BCUT2D eigenvalue weighted by atomic mass is 10.0. The van der Waals surface area contributed by atoms with Gasteiger partial charge in [0.25, 0.3) is 0 Å². The van der Waals surface area contributed by atoms with E-state index < -0.39 is 0 Å². The van der Waals surface area contributed by atoms with Crippen LogP contribution in [-0.4, -0.2) is 37.6 Å². The predicted molar refractivity (Wildman–Crippen MR) is 109 cm³/mol. The maximum atomic E-state index is 12.5. The number of hydrogen-bond donors (Lipinski definition) is 1. The number of amides is 1. The number of carbonyl (C=O) groups is 1. The van der Waals surface area contributed by atoms with Crippen molar-refractivity contribution in [2.45, 2.75) is 31.7 Å². The van der Waals surface area contributed by atoms with Gasteiger partial charge in [0, 0.05) is 11.6 Å². The van der Waals surface area contributed by atoms with Crippen LogP contribution in [0.1, 0.15) is 36.4 Å². The molecule has 1 aliphatic heterocycles. The van der Waals surface area contributed by atoms with Crippen LogP contribution in [0.2, 0.25) is 5.02 Å². The minimum atomic E-state index is 0.0298. The summed E-state index contributed by atoms with van der Waals surface area (Å²) in [5.74, 6) is 0.879. The van der Waals surface area contributed by atoms with Gasteiger partial charge in [-0.3, -0.25) is 9.69 Å². The zero-order valence-corrected chi connectivity index (χ0v) is 16.5. The zero-order chi connectivity index (χ0) is 19.1. The fraction of sp³-hybridized carbons (Fsp3) is 0.409. The van der Waals surface area contributed by atoms with E-state index in [4.69, 9.17) is 16.3 Å². The molecule has 3 rings (SSSR count). The molecule has 1 N–H and O–H groups in total. The first-order valence-corrected chi connectivity index (χ1v) is 9.92. The largest absolute Gasteiger partial charge is 0.497 e. The monoisotopic (exact) mass is 386 g/mol. The van der Waals surface area contributed by atoms with Crippen LogP contribution in [0.15, 0.2) is 48.5 Å². The van der Waals surface area contributed by atoms with Gasteiger partial charge in [-0.1, -0.05) is 42.3 Å². The first-order chi connectivity index (χ1) is 13.2. The highest BCUT2D eigenvalue weighted by Gasteiger charge is 2.23. The van der Waals surface area contributed by atoms with Crippen LogP contribution >= 0.6 is 11.6 Å². The molecular weight excluding hydrogens is 360 g/mol. The van der Waals surface area contributed by atoms with E-state index in [9.17, 15) is 4.79 Å². The van der Waals surface area contributed by atoms with Crippen molar-refractivity contribution in [2.75, 3.05) is 26.7 Å². The van der Waals surface area contributed by atoms with E-state index in [1.54, 1.807) is 7.11 Å². The van der Waals surface area contributed by atoms with Crippen LogP contribution in [-0.2, 0) is 11.2 Å². The Labute approximate surface area is 166 Å². The summed E-state index contributed by atoms with van der Waals surface area (Å²) in [4.78, 5) is 14.9. The molecule has 0 aromatic heterocycles. The molecule has 5 heteroatoms. The van der Waals surface area contributed by atoms with E-state index in [1.165, 1.54) is 24.8 Å². The number of hydrogen-bond acceptors (Lipinski definition) is 3. The Bertz CT molecular complexity index is 742. The molecule has 1 unspecified atom stereocenters. The Hall–Kier alpha value is -2.04. The van der Waals surface area contributed by atoms with Crippen molar-refractivity contribution in [3.8, 4) is 5.75 Å². The third-order valence-electron chi connectivity index (χ3n) is 5.08. The fourth-order valence-electron chi connectivity index (χ4n) is 3.60. The average molecular weight is 387 g/mol. The number of methoxy groups -OCH3 is 1. The highest BCUT2D eigenvalue weighted by atomic mass is 35.5. The Morgan fingerprint density at radius 2 is 1.89 bits per heavy atom. The van der Waals surface area contributed by atoms with Crippen LogP contribution in [0.5, 0.6) is 5.75 Å². The second kappa shape index (κ2) is 9.77. The standard InChI is InChI=1S/C22H27ClN2O2/c1-27-20-7-5-6-18(15-20)21(25-12-3-2-4-13-25)16-24-22(26)14-17-8-10-19(23)11-9-17/h5-11,15,21H,2-4,12-14,16H2,1H3,(H,24,26). The second-order valence-corrected chi connectivity index (χ2v) is 7.43. The number of piperidine rings is 1. The smallest absolute Gasteiger partial charge is 0.224 e. The van der Waals surface area contributed by atoms with Crippen LogP contribution < -0.4 is 10.1 Å². The molecule has 0 saturated carbocycles. The molecule has 1 heterocycles. The maximum absolute atomic E-state index is 12.5. The fourth-order valence-corrected chi connectivity index (χ4v) is 3.72. The number of nitrogens with one attached hydrogen (secondary N) is 1. The molecule has 1 aliphatic rings. The quantitative estimate of drug-likeness (QED) is 0.774. The summed E-state index contributed by atoms with van der Waals surface area (Å²) in [6.07, 6.45) is 4.06. The van der Waals surface area contributed by atoms with Crippen LogP contribution in [0.3, 0.4) is 0 Å². The summed E-state index contributed by atoms with van der Waals surface area (Å²) in [6.45, 7) is 2.73. The lowest BCUT2D eigenvalue weighted by molar-refractivity contribution is -0.120. The van der Waals surface area contributed by atoms with Gasteiger partial charge in [-0.15, -0.1) is 0 Å². The molecule has 4 nitrogen and oxygen atoms in total. The van der Waals surface area contributed by atoms with Gasteiger partial charge in [0.05, 0.1) is 19.6 Å². The molecule has 1 fully saturated rings. The van der Waals surface area contributed by atoms with Crippen molar-refractivity contribution in [3.63, 3.8) is 0 Å². The van der Waals surface area contributed by atoms with Gasteiger partial charge in [-0.25, -0.2) is 0 Å². The Balaban J connectivity index is 1.67. The van der Waals surface area contributed by atoms with E-state index in [2.05, 4.69) is 22.3 Å². The Morgan fingerprint density at radius 3 is 2.59 bits per heavy atom. The molecule has 0 bridgehead atoms. The van der Waals surface area contributed by atoms with Gasteiger partial charge in [-0.2, -0.15) is 0 Å². The van der Waals surface area contributed by atoms with E-state index in [0.717, 1.165) is 24.4 Å². The van der Waals surface area contributed by atoms with Gasteiger partial charge in [0.1, 0.15) is 5.75 Å². The van der Waals surface area contributed by atoms with E-state index >= 15 is 0 Å². The molecular formula is C22H27ClN2O2. The minimum absolute atomic E-state index is 0.0298. The Morgan fingerprint density at radius 1 is 1.15 bits per heavy atom. The van der Waals surface area contributed by atoms with Crippen molar-refractivity contribution < 1.29 is 9.53 Å².